The normalized spacial score (nSPS) is 10.4. The van der Waals surface area contributed by atoms with Crippen LogP contribution >= 0.6 is 11.6 Å². The topological polar surface area (TPSA) is 70.3 Å². The number of hydrogen-bond donors (Lipinski definition) is 1. The average molecular weight is 284 g/mol. The zero-order valence-corrected chi connectivity index (χ0v) is 11.2. The first-order chi connectivity index (χ1) is 9.78. The van der Waals surface area contributed by atoms with Crippen molar-refractivity contribution in [3.05, 3.63) is 59.0 Å². The van der Waals surface area contributed by atoms with Crippen molar-refractivity contribution in [1.82, 2.24) is 20.0 Å². The fourth-order valence-electron chi connectivity index (χ4n) is 2.01. The van der Waals surface area contributed by atoms with Gasteiger partial charge >= 0.3 is 0 Å². The van der Waals surface area contributed by atoms with Crippen molar-refractivity contribution < 1.29 is 0 Å². The highest BCUT2D eigenvalue weighted by atomic mass is 35.5. The van der Waals surface area contributed by atoms with E-state index in [9.17, 15) is 0 Å². The van der Waals surface area contributed by atoms with Crippen LogP contribution in [0.2, 0.25) is 5.02 Å². The summed E-state index contributed by atoms with van der Waals surface area (Å²) in [5.41, 5.74) is 2.74. The van der Waals surface area contributed by atoms with Gasteiger partial charge in [0.1, 0.15) is 11.8 Å². The molecule has 98 valence electrons. The van der Waals surface area contributed by atoms with Crippen molar-refractivity contribution >= 4 is 11.6 Å². The van der Waals surface area contributed by atoms with Crippen molar-refractivity contribution in [2.75, 3.05) is 0 Å². The van der Waals surface area contributed by atoms with E-state index in [1.807, 2.05) is 53.4 Å². The second-order valence-corrected chi connectivity index (χ2v) is 4.70. The van der Waals surface area contributed by atoms with Crippen LogP contribution in [0.4, 0.5) is 0 Å². The number of nitrogens with zero attached hydrogens (tertiary/aromatic N) is 4. The summed E-state index contributed by atoms with van der Waals surface area (Å²) in [6, 6.07) is 11.6. The quantitative estimate of drug-likeness (QED) is 0.803. The lowest BCUT2D eigenvalue weighted by Crippen LogP contribution is -1.96. The molecule has 6 heteroatoms. The molecule has 0 aliphatic carbocycles. The van der Waals surface area contributed by atoms with E-state index in [1.165, 1.54) is 0 Å². The minimum Gasteiger partial charge on any atom is -0.349 e. The molecule has 0 unspecified atom stereocenters. The lowest BCUT2D eigenvalue weighted by Gasteiger charge is -2.04. The Bertz CT molecular complexity index is 781. The Hall–Kier alpha value is -2.58. The predicted molar refractivity (Wildman–Crippen MR) is 75.1 cm³/mol. The summed E-state index contributed by atoms with van der Waals surface area (Å²) in [6.07, 6.45) is 3.84. The summed E-state index contributed by atoms with van der Waals surface area (Å²) in [7, 11) is 0. The zero-order valence-electron chi connectivity index (χ0n) is 10.4. The molecule has 3 aromatic rings. The Balaban J connectivity index is 1.88. The number of halogens is 1. The average Bonchev–Trinajstić information content (AvgIpc) is 3.09. The number of nitrogens with one attached hydrogen (secondary N) is 1. The van der Waals surface area contributed by atoms with Gasteiger partial charge in [0.25, 0.3) is 0 Å². The molecule has 2 heterocycles. The van der Waals surface area contributed by atoms with Crippen LogP contribution in [0.25, 0.3) is 11.3 Å². The van der Waals surface area contributed by atoms with Crippen molar-refractivity contribution in [3.63, 3.8) is 0 Å². The van der Waals surface area contributed by atoms with E-state index in [0.29, 0.717) is 17.9 Å². The Kier molecular flexibility index (Phi) is 3.23. The second-order valence-electron chi connectivity index (χ2n) is 4.30. The standard InChI is InChI=1S/C14H10ClN5/c15-12-4-2-1-3-10(12)8-20-6-5-11(9-20)14-13(7-16)17-19-18-14/h1-6,9H,8H2,(H,17,18,19). The monoisotopic (exact) mass is 283 g/mol. The van der Waals surface area contributed by atoms with Crippen LogP contribution in [0.1, 0.15) is 11.3 Å². The van der Waals surface area contributed by atoms with Gasteiger partial charge in [0.15, 0.2) is 5.69 Å². The van der Waals surface area contributed by atoms with Crippen molar-refractivity contribution in [1.29, 1.82) is 5.26 Å². The van der Waals surface area contributed by atoms with Crippen molar-refractivity contribution in [3.8, 4) is 17.3 Å². The summed E-state index contributed by atoms with van der Waals surface area (Å²) < 4.78 is 1.99. The molecule has 0 radical (unpaired) electrons. The number of nitriles is 1. The maximum Gasteiger partial charge on any atom is 0.190 e. The molecule has 0 saturated carbocycles. The SMILES string of the molecule is N#Cc1n[nH]nc1-c1ccn(Cc2ccccc2Cl)c1. The minimum atomic E-state index is 0.292. The minimum absolute atomic E-state index is 0.292. The van der Waals surface area contributed by atoms with Crippen LogP contribution in [-0.4, -0.2) is 20.0 Å². The van der Waals surface area contributed by atoms with E-state index < -0.39 is 0 Å². The summed E-state index contributed by atoms with van der Waals surface area (Å²) in [5, 5.41) is 19.9. The number of aromatic amines is 1. The molecule has 3 rings (SSSR count). The second kappa shape index (κ2) is 5.19. The van der Waals surface area contributed by atoms with E-state index >= 15 is 0 Å². The zero-order chi connectivity index (χ0) is 13.9. The smallest absolute Gasteiger partial charge is 0.190 e. The van der Waals surface area contributed by atoms with E-state index in [1.54, 1.807) is 0 Å². The van der Waals surface area contributed by atoms with Gasteiger partial charge in [-0.25, -0.2) is 0 Å². The first-order valence-corrected chi connectivity index (χ1v) is 6.36. The van der Waals surface area contributed by atoms with Crippen molar-refractivity contribution in [2.24, 2.45) is 0 Å². The summed E-state index contributed by atoms with van der Waals surface area (Å²) in [6.45, 7) is 0.666. The Morgan fingerprint density at radius 1 is 1.25 bits per heavy atom. The van der Waals surface area contributed by atoms with Gasteiger partial charge in [-0.15, -0.1) is 5.10 Å². The Labute approximate surface area is 120 Å². The number of aromatic nitrogens is 4. The van der Waals surface area contributed by atoms with Crippen LogP contribution in [0.5, 0.6) is 0 Å². The van der Waals surface area contributed by atoms with Crippen LogP contribution in [0, 0.1) is 11.3 Å². The number of hydrogen-bond acceptors (Lipinski definition) is 3. The molecule has 0 atom stereocenters. The lowest BCUT2D eigenvalue weighted by atomic mass is 10.2. The fraction of sp³-hybridized carbons (Fsp3) is 0.0714. The van der Waals surface area contributed by atoms with Gasteiger partial charge in [-0.05, 0) is 17.7 Å². The number of rotatable bonds is 3. The maximum atomic E-state index is 8.95. The van der Waals surface area contributed by atoms with Crippen LogP contribution < -0.4 is 0 Å². The van der Waals surface area contributed by atoms with Crippen LogP contribution in [0.3, 0.4) is 0 Å². The van der Waals surface area contributed by atoms with E-state index in [0.717, 1.165) is 16.1 Å². The highest BCUT2D eigenvalue weighted by Crippen LogP contribution is 2.21. The maximum absolute atomic E-state index is 8.95. The molecule has 20 heavy (non-hydrogen) atoms. The van der Waals surface area contributed by atoms with Gasteiger partial charge in [0.05, 0.1) is 0 Å². The Morgan fingerprint density at radius 2 is 2.10 bits per heavy atom. The molecule has 5 nitrogen and oxygen atoms in total. The van der Waals surface area contributed by atoms with E-state index in [2.05, 4.69) is 15.4 Å². The molecule has 0 fully saturated rings. The van der Waals surface area contributed by atoms with Crippen LogP contribution in [0.15, 0.2) is 42.7 Å². The molecule has 1 aromatic carbocycles. The van der Waals surface area contributed by atoms with Gasteiger partial charge < -0.3 is 4.57 Å². The van der Waals surface area contributed by atoms with Gasteiger partial charge in [-0.2, -0.15) is 15.6 Å². The van der Waals surface area contributed by atoms with E-state index in [4.69, 9.17) is 16.9 Å². The fourth-order valence-corrected chi connectivity index (χ4v) is 2.21. The molecule has 0 bridgehead atoms. The molecule has 0 saturated heterocycles. The molecular formula is C14H10ClN5. The third-order valence-electron chi connectivity index (χ3n) is 2.99. The van der Waals surface area contributed by atoms with Gasteiger partial charge in [-0.1, -0.05) is 29.8 Å². The lowest BCUT2D eigenvalue weighted by molar-refractivity contribution is 0.807. The molecule has 0 spiro atoms. The molecule has 0 aliphatic rings. The van der Waals surface area contributed by atoms with Crippen molar-refractivity contribution in [2.45, 2.75) is 6.54 Å². The van der Waals surface area contributed by atoms with Gasteiger partial charge in [-0.3, -0.25) is 0 Å². The molecule has 0 aliphatic heterocycles. The highest BCUT2D eigenvalue weighted by Gasteiger charge is 2.11. The van der Waals surface area contributed by atoms with Crippen LogP contribution in [-0.2, 0) is 6.54 Å². The summed E-state index contributed by atoms with van der Waals surface area (Å²) in [5.74, 6) is 0. The highest BCUT2D eigenvalue weighted by molar-refractivity contribution is 6.31. The summed E-state index contributed by atoms with van der Waals surface area (Å²) >= 11 is 6.14. The largest absolute Gasteiger partial charge is 0.349 e. The molecule has 1 N–H and O–H groups in total. The van der Waals surface area contributed by atoms with Gasteiger partial charge in [0, 0.05) is 29.5 Å². The van der Waals surface area contributed by atoms with E-state index in [-0.39, 0.29) is 0 Å². The number of H-pyrrole nitrogens is 1. The Morgan fingerprint density at radius 3 is 2.90 bits per heavy atom. The predicted octanol–water partition coefficient (Wildman–Crippen LogP) is 2.85. The number of benzene rings is 1. The summed E-state index contributed by atoms with van der Waals surface area (Å²) in [4.78, 5) is 0. The first-order valence-electron chi connectivity index (χ1n) is 5.98. The molecule has 0 amide bonds. The third-order valence-corrected chi connectivity index (χ3v) is 3.36. The third kappa shape index (κ3) is 2.29. The molecular weight excluding hydrogens is 274 g/mol. The van der Waals surface area contributed by atoms with Gasteiger partial charge in [0.2, 0.25) is 0 Å². The molecule has 2 aromatic heterocycles. The first kappa shape index (κ1) is 12.5.